The standard InChI is InChI=1S/C9H15N.C2H6/c1-5-9(8(2)3)6-7-10-4;1-2/h5-8H,1H2,2-4H3;1-2H3/b9-6+,10-7?;. The summed E-state index contributed by atoms with van der Waals surface area (Å²) in [6, 6.07) is 0. The molecule has 0 aliphatic rings. The minimum Gasteiger partial charge on any atom is -0.297 e. The highest BCUT2D eigenvalue weighted by atomic mass is 14.6. The second kappa shape index (κ2) is 10.2. The fraction of sp³-hybridized carbons (Fsp3) is 0.545. The maximum absolute atomic E-state index is 3.86. The molecule has 0 aromatic heterocycles. The molecular weight excluding hydrogens is 146 g/mol. The number of allylic oxidation sites excluding steroid dienone is 3. The Morgan fingerprint density at radius 2 is 1.83 bits per heavy atom. The Labute approximate surface area is 76.9 Å². The van der Waals surface area contributed by atoms with Crippen LogP contribution in [0.1, 0.15) is 27.7 Å². The molecule has 0 bridgehead atoms. The first-order valence-electron chi connectivity index (χ1n) is 4.47. The van der Waals surface area contributed by atoms with Gasteiger partial charge in [-0.05, 0) is 17.6 Å². The Morgan fingerprint density at radius 1 is 1.33 bits per heavy atom. The molecule has 0 unspecified atom stereocenters. The number of rotatable bonds is 3. The highest BCUT2D eigenvalue weighted by Gasteiger charge is 1.94. The van der Waals surface area contributed by atoms with Crippen LogP contribution in [0.3, 0.4) is 0 Å². The lowest BCUT2D eigenvalue weighted by Gasteiger charge is -2.02. The molecule has 0 saturated heterocycles. The van der Waals surface area contributed by atoms with Gasteiger partial charge in [0.25, 0.3) is 0 Å². The molecule has 0 heterocycles. The number of hydrogen-bond acceptors (Lipinski definition) is 1. The quantitative estimate of drug-likeness (QED) is 0.451. The van der Waals surface area contributed by atoms with Crippen molar-refractivity contribution >= 4 is 6.21 Å². The first-order chi connectivity index (χ1) is 5.72. The lowest BCUT2D eigenvalue weighted by atomic mass is 10.0. The van der Waals surface area contributed by atoms with Crippen molar-refractivity contribution in [3.8, 4) is 0 Å². The van der Waals surface area contributed by atoms with E-state index in [1.165, 1.54) is 5.57 Å². The summed E-state index contributed by atoms with van der Waals surface area (Å²) in [6.45, 7) is 12.0. The van der Waals surface area contributed by atoms with Crippen LogP contribution in [0.4, 0.5) is 0 Å². The Kier molecular flexibility index (Phi) is 11.6. The third-order valence-electron chi connectivity index (χ3n) is 1.32. The van der Waals surface area contributed by atoms with Crippen LogP contribution in [0.2, 0.25) is 0 Å². The molecule has 0 aliphatic heterocycles. The summed E-state index contributed by atoms with van der Waals surface area (Å²) in [5, 5.41) is 0. The van der Waals surface area contributed by atoms with Gasteiger partial charge in [0, 0.05) is 13.3 Å². The smallest absolute Gasteiger partial charge is 0.0277 e. The Hall–Kier alpha value is -0.850. The van der Waals surface area contributed by atoms with Gasteiger partial charge in [-0.15, -0.1) is 0 Å². The molecule has 0 amide bonds. The number of nitrogens with zero attached hydrogens (tertiary/aromatic N) is 1. The van der Waals surface area contributed by atoms with Crippen LogP contribution < -0.4 is 0 Å². The molecule has 0 rings (SSSR count). The van der Waals surface area contributed by atoms with E-state index >= 15 is 0 Å². The third-order valence-corrected chi connectivity index (χ3v) is 1.32. The lowest BCUT2D eigenvalue weighted by molar-refractivity contribution is 0.793. The van der Waals surface area contributed by atoms with E-state index in [4.69, 9.17) is 0 Å². The minimum absolute atomic E-state index is 0.537. The molecular formula is C11H21N. The van der Waals surface area contributed by atoms with Crippen molar-refractivity contribution in [1.82, 2.24) is 0 Å². The summed E-state index contributed by atoms with van der Waals surface area (Å²) < 4.78 is 0. The van der Waals surface area contributed by atoms with Gasteiger partial charge in [-0.3, -0.25) is 4.99 Å². The van der Waals surface area contributed by atoms with Crippen molar-refractivity contribution < 1.29 is 0 Å². The van der Waals surface area contributed by atoms with Crippen molar-refractivity contribution in [3.63, 3.8) is 0 Å². The molecule has 0 atom stereocenters. The van der Waals surface area contributed by atoms with E-state index in [2.05, 4.69) is 25.4 Å². The average molecular weight is 167 g/mol. The summed E-state index contributed by atoms with van der Waals surface area (Å²) in [6.07, 6.45) is 5.64. The van der Waals surface area contributed by atoms with Gasteiger partial charge in [0.1, 0.15) is 0 Å². The second-order valence-corrected chi connectivity index (χ2v) is 2.43. The molecule has 0 spiro atoms. The van der Waals surface area contributed by atoms with Gasteiger partial charge in [-0.1, -0.05) is 40.3 Å². The largest absolute Gasteiger partial charge is 0.297 e. The van der Waals surface area contributed by atoms with Crippen LogP contribution in [0, 0.1) is 5.92 Å². The Balaban J connectivity index is 0. The summed E-state index contributed by atoms with van der Waals surface area (Å²) in [4.78, 5) is 3.86. The minimum atomic E-state index is 0.537. The summed E-state index contributed by atoms with van der Waals surface area (Å²) >= 11 is 0. The summed E-state index contributed by atoms with van der Waals surface area (Å²) in [7, 11) is 1.76. The third kappa shape index (κ3) is 7.26. The Bertz CT molecular complexity index is 152. The molecule has 1 nitrogen and oxygen atoms in total. The van der Waals surface area contributed by atoms with Gasteiger partial charge in [-0.2, -0.15) is 0 Å². The number of hydrogen-bond donors (Lipinski definition) is 0. The molecule has 0 fully saturated rings. The van der Waals surface area contributed by atoms with Gasteiger partial charge < -0.3 is 0 Å². The van der Waals surface area contributed by atoms with Crippen LogP contribution in [0.5, 0.6) is 0 Å². The van der Waals surface area contributed by atoms with Crippen LogP contribution in [-0.2, 0) is 0 Å². The van der Waals surface area contributed by atoms with E-state index < -0.39 is 0 Å². The highest BCUT2D eigenvalue weighted by molar-refractivity contribution is 5.72. The molecule has 0 aliphatic carbocycles. The molecule has 0 aromatic carbocycles. The monoisotopic (exact) mass is 167 g/mol. The Morgan fingerprint density at radius 3 is 2.08 bits per heavy atom. The first kappa shape index (κ1) is 13.7. The van der Waals surface area contributed by atoms with Gasteiger partial charge in [0.05, 0.1) is 0 Å². The second-order valence-electron chi connectivity index (χ2n) is 2.43. The van der Waals surface area contributed by atoms with Crippen LogP contribution in [0.25, 0.3) is 0 Å². The predicted molar refractivity (Wildman–Crippen MR) is 58.9 cm³/mol. The van der Waals surface area contributed by atoms with E-state index in [1.807, 2.05) is 26.0 Å². The van der Waals surface area contributed by atoms with Crippen LogP contribution in [-0.4, -0.2) is 13.3 Å². The maximum atomic E-state index is 3.86. The zero-order valence-electron chi connectivity index (χ0n) is 8.96. The van der Waals surface area contributed by atoms with E-state index in [1.54, 1.807) is 13.3 Å². The van der Waals surface area contributed by atoms with Gasteiger partial charge >= 0.3 is 0 Å². The zero-order chi connectivity index (χ0) is 9.98. The lowest BCUT2D eigenvalue weighted by Crippen LogP contribution is -1.89. The molecule has 70 valence electrons. The van der Waals surface area contributed by atoms with E-state index in [0.717, 1.165) is 0 Å². The van der Waals surface area contributed by atoms with Crippen molar-refractivity contribution in [1.29, 1.82) is 0 Å². The van der Waals surface area contributed by atoms with E-state index in [-0.39, 0.29) is 0 Å². The van der Waals surface area contributed by atoms with Crippen LogP contribution in [0.15, 0.2) is 29.3 Å². The zero-order valence-corrected chi connectivity index (χ0v) is 8.96. The first-order valence-corrected chi connectivity index (χ1v) is 4.47. The van der Waals surface area contributed by atoms with Crippen molar-refractivity contribution in [3.05, 3.63) is 24.3 Å². The highest BCUT2D eigenvalue weighted by Crippen LogP contribution is 2.08. The van der Waals surface area contributed by atoms with Crippen molar-refractivity contribution in [2.24, 2.45) is 10.9 Å². The molecule has 12 heavy (non-hydrogen) atoms. The van der Waals surface area contributed by atoms with E-state index in [9.17, 15) is 0 Å². The molecule has 0 N–H and O–H groups in total. The fourth-order valence-electron chi connectivity index (χ4n) is 0.657. The molecule has 0 aromatic rings. The predicted octanol–water partition coefficient (Wildman–Crippen LogP) is 3.48. The van der Waals surface area contributed by atoms with Crippen molar-refractivity contribution in [2.75, 3.05) is 7.05 Å². The summed E-state index contributed by atoms with van der Waals surface area (Å²) in [5.41, 5.74) is 1.23. The van der Waals surface area contributed by atoms with Gasteiger partial charge in [0.15, 0.2) is 0 Å². The molecule has 0 radical (unpaired) electrons. The van der Waals surface area contributed by atoms with Crippen LogP contribution >= 0.6 is 0 Å². The summed E-state index contributed by atoms with van der Waals surface area (Å²) in [5.74, 6) is 0.537. The van der Waals surface area contributed by atoms with Crippen molar-refractivity contribution in [2.45, 2.75) is 27.7 Å². The maximum Gasteiger partial charge on any atom is 0.0277 e. The molecule has 0 saturated carbocycles. The molecule has 1 heteroatoms. The number of aliphatic imine (C=N–C) groups is 1. The normalized spacial score (nSPS) is 11.3. The average Bonchev–Trinajstić information content (AvgIpc) is 2.09. The van der Waals surface area contributed by atoms with Gasteiger partial charge in [-0.25, -0.2) is 0 Å². The van der Waals surface area contributed by atoms with Gasteiger partial charge in [0.2, 0.25) is 0 Å². The topological polar surface area (TPSA) is 12.4 Å². The van der Waals surface area contributed by atoms with E-state index in [0.29, 0.717) is 5.92 Å². The fourth-order valence-corrected chi connectivity index (χ4v) is 0.657. The SMILES string of the molecule is C=C/C(=C\C=NC)C(C)C.CC.